The van der Waals surface area contributed by atoms with Crippen molar-refractivity contribution < 1.29 is 47.7 Å². The van der Waals surface area contributed by atoms with Gasteiger partial charge in [-0.05, 0) is 0 Å². The van der Waals surface area contributed by atoms with E-state index >= 15 is 0 Å². The smallest absolute Gasteiger partial charge is 0.394 e. The molecule has 0 amide bonds. The third-order valence-corrected chi connectivity index (χ3v) is 0.254. The Labute approximate surface area is 96.4 Å². The summed E-state index contributed by atoms with van der Waals surface area (Å²) in [4.78, 5) is 21.6. The molecule has 0 heterocycles. The van der Waals surface area contributed by atoms with E-state index in [1.807, 2.05) is 0 Å². The highest BCUT2D eigenvalue weighted by Gasteiger charge is 2.00. The third kappa shape index (κ3) is 388. The van der Waals surface area contributed by atoms with Gasteiger partial charge in [-0.1, -0.05) is 0 Å². The molecule has 6 N–H and O–H groups in total. The molecule has 0 bridgehead atoms. The summed E-state index contributed by atoms with van der Waals surface area (Å²) in [7, 11) is -4.64. The normalized spacial score (nSPS) is 8.76. The summed E-state index contributed by atoms with van der Waals surface area (Å²) in [5.41, 5.74) is 0. The highest BCUT2D eigenvalue weighted by atomic mass is 31.2. The molecule has 0 radical (unpaired) electrons. The largest absolute Gasteiger partial charge is 0.466 e. The zero-order valence-corrected chi connectivity index (χ0v) is 9.81. The zero-order chi connectivity index (χ0) is 14.7. The Balaban J connectivity index is -0.0000000667. The first-order valence-corrected chi connectivity index (χ1v) is 5.60. The van der Waals surface area contributed by atoms with E-state index in [4.69, 9.17) is 34.6 Å². The number of halogens is 3. The van der Waals surface area contributed by atoms with Gasteiger partial charge in [0.1, 0.15) is 20.0 Å². The molecule has 0 aromatic rings. The number of hydrogen-bond acceptors (Lipinski definition) is 4. The number of aliphatic hydroxyl groups excluding tert-OH is 3. The van der Waals surface area contributed by atoms with Crippen LogP contribution in [0.15, 0.2) is 0 Å². The number of aliphatic hydroxyl groups is 3. The molecule has 7 nitrogen and oxygen atoms in total. The van der Waals surface area contributed by atoms with E-state index in [2.05, 4.69) is 0 Å². The second-order valence-electron chi connectivity index (χ2n) is 1.75. The van der Waals surface area contributed by atoms with Crippen LogP contribution in [0.3, 0.4) is 0 Å². The summed E-state index contributed by atoms with van der Waals surface area (Å²) in [6.45, 7) is -2.92. The van der Waals surface area contributed by atoms with Crippen LogP contribution in [0.5, 0.6) is 0 Å². The lowest BCUT2D eigenvalue weighted by Crippen LogP contribution is -1.77. The average Bonchev–Trinajstić information content (AvgIpc) is 2.27. The first-order valence-electron chi connectivity index (χ1n) is 4.03. The second-order valence-corrected chi connectivity index (χ2v) is 2.78. The van der Waals surface area contributed by atoms with Crippen LogP contribution in [0.2, 0.25) is 0 Å². The quantitative estimate of drug-likeness (QED) is 0.363. The van der Waals surface area contributed by atoms with Crippen molar-refractivity contribution >= 4 is 7.82 Å². The first kappa shape index (κ1) is 25.6. The number of alkyl halides is 3. The van der Waals surface area contributed by atoms with Crippen molar-refractivity contribution in [2.75, 3.05) is 39.8 Å². The Morgan fingerprint density at radius 3 is 0.765 bits per heavy atom. The highest BCUT2D eigenvalue weighted by Crippen LogP contribution is 2.25. The van der Waals surface area contributed by atoms with Gasteiger partial charge in [0.2, 0.25) is 0 Å². The molecule has 0 rings (SSSR count). The predicted molar refractivity (Wildman–Crippen MR) is 53.4 cm³/mol. The van der Waals surface area contributed by atoms with Crippen molar-refractivity contribution in [3.63, 3.8) is 0 Å². The van der Waals surface area contributed by atoms with Crippen LogP contribution in [0.25, 0.3) is 0 Å². The summed E-state index contributed by atoms with van der Waals surface area (Å²) in [6.07, 6.45) is 0. The van der Waals surface area contributed by atoms with Crippen molar-refractivity contribution in [1.29, 1.82) is 0 Å². The minimum absolute atomic E-state index is 0.347. The molecule has 0 aromatic heterocycles. The molecule has 0 spiro atoms. The Morgan fingerprint density at radius 1 is 0.706 bits per heavy atom. The lowest BCUT2D eigenvalue weighted by atomic mass is 10.9. The molecule has 0 saturated heterocycles. The molecule has 0 unspecified atom stereocenters. The molecule has 11 heteroatoms. The fraction of sp³-hybridized carbons (Fsp3) is 1.00. The second kappa shape index (κ2) is 24.8. The minimum atomic E-state index is -4.64. The maximum Gasteiger partial charge on any atom is 0.466 e. The van der Waals surface area contributed by atoms with Crippen LogP contribution in [0, 0.1) is 0 Å². The van der Waals surface area contributed by atoms with Crippen LogP contribution in [0.4, 0.5) is 13.2 Å². The van der Waals surface area contributed by atoms with Gasteiger partial charge in [-0.25, -0.2) is 17.7 Å². The monoisotopic (exact) mass is 290 g/mol. The maximum absolute atomic E-state index is 10.5. The van der Waals surface area contributed by atoms with Crippen molar-refractivity contribution in [3.05, 3.63) is 0 Å². The van der Waals surface area contributed by atoms with Gasteiger partial charge >= 0.3 is 7.82 Å². The molecule has 0 aliphatic rings. The van der Waals surface area contributed by atoms with Crippen molar-refractivity contribution in [3.8, 4) is 0 Å². The SMILES string of the molecule is O=P(O)(O)O.OCCF.OCCF.OCCF. The first-order chi connectivity index (χ1) is 7.74. The molecule has 0 saturated carbocycles. The van der Waals surface area contributed by atoms with Gasteiger partial charge in [0, 0.05) is 0 Å². The van der Waals surface area contributed by atoms with Crippen LogP contribution >= 0.6 is 7.82 Å². The van der Waals surface area contributed by atoms with Gasteiger partial charge in [-0.15, -0.1) is 0 Å². The molecule has 17 heavy (non-hydrogen) atoms. The molecule has 0 fully saturated rings. The molecule has 0 atom stereocenters. The minimum Gasteiger partial charge on any atom is -0.394 e. The molecule has 0 aliphatic heterocycles. The fourth-order valence-electron chi connectivity index (χ4n) is 0. The predicted octanol–water partition coefficient (Wildman–Crippen LogP) is -1.08. The number of phosphoric acid groups is 1. The highest BCUT2D eigenvalue weighted by molar-refractivity contribution is 7.45. The van der Waals surface area contributed by atoms with Gasteiger partial charge in [-0.3, -0.25) is 0 Å². The van der Waals surface area contributed by atoms with Gasteiger partial charge < -0.3 is 30.0 Å². The lowest BCUT2D eigenvalue weighted by molar-refractivity contribution is 0.253. The molecular formula is C6H18F3O7P. The Hall–Kier alpha value is -0.220. The van der Waals surface area contributed by atoms with E-state index in [0.29, 0.717) is 0 Å². The average molecular weight is 290 g/mol. The van der Waals surface area contributed by atoms with E-state index in [-0.39, 0.29) is 19.8 Å². The molecule has 0 aliphatic carbocycles. The van der Waals surface area contributed by atoms with Crippen molar-refractivity contribution in [1.82, 2.24) is 0 Å². The van der Waals surface area contributed by atoms with Crippen LogP contribution < -0.4 is 0 Å². The molecule has 0 aromatic carbocycles. The Bertz CT molecular complexity index is 122. The third-order valence-electron chi connectivity index (χ3n) is 0.254. The van der Waals surface area contributed by atoms with Gasteiger partial charge in [0.25, 0.3) is 0 Å². The zero-order valence-electron chi connectivity index (χ0n) is 8.92. The summed E-state index contributed by atoms with van der Waals surface area (Å²) >= 11 is 0. The topological polar surface area (TPSA) is 138 Å². The van der Waals surface area contributed by atoms with Crippen LogP contribution in [-0.2, 0) is 4.57 Å². The molecular weight excluding hydrogens is 272 g/mol. The number of hydrogen-bond donors (Lipinski definition) is 6. The molecule has 110 valence electrons. The lowest BCUT2D eigenvalue weighted by Gasteiger charge is -1.82. The van der Waals surface area contributed by atoms with Gasteiger partial charge in [0.15, 0.2) is 0 Å². The standard InChI is InChI=1S/3C2H5FO.H3O4P/c3*3-1-2-4;1-5(2,3)4/h3*4H,1-2H2;(H3,1,2,3,4). The van der Waals surface area contributed by atoms with E-state index in [0.717, 1.165) is 0 Å². The Kier molecular flexibility index (Phi) is 37.4. The van der Waals surface area contributed by atoms with E-state index in [1.165, 1.54) is 0 Å². The van der Waals surface area contributed by atoms with Crippen LogP contribution in [-0.4, -0.2) is 69.8 Å². The fourth-order valence-corrected chi connectivity index (χ4v) is 0. The summed E-state index contributed by atoms with van der Waals surface area (Å²) in [5.74, 6) is 0. The van der Waals surface area contributed by atoms with Gasteiger partial charge in [-0.2, -0.15) is 0 Å². The van der Waals surface area contributed by atoms with E-state index < -0.39 is 27.8 Å². The summed E-state index contributed by atoms with van der Waals surface area (Å²) in [5, 5.41) is 22.5. The van der Waals surface area contributed by atoms with Crippen molar-refractivity contribution in [2.24, 2.45) is 0 Å². The van der Waals surface area contributed by atoms with Crippen LogP contribution in [0.1, 0.15) is 0 Å². The van der Waals surface area contributed by atoms with E-state index in [9.17, 15) is 13.2 Å². The summed E-state index contributed by atoms with van der Waals surface area (Å²) < 4.78 is 40.3. The number of rotatable bonds is 3. The summed E-state index contributed by atoms with van der Waals surface area (Å²) in [6, 6.07) is 0. The van der Waals surface area contributed by atoms with E-state index in [1.54, 1.807) is 0 Å². The maximum atomic E-state index is 10.5. The van der Waals surface area contributed by atoms with Gasteiger partial charge in [0.05, 0.1) is 19.8 Å². The van der Waals surface area contributed by atoms with Crippen molar-refractivity contribution in [2.45, 2.75) is 0 Å². The Morgan fingerprint density at radius 2 is 0.765 bits per heavy atom.